The Labute approximate surface area is 105 Å². The van der Waals surface area contributed by atoms with E-state index in [0.717, 1.165) is 5.56 Å². The predicted molar refractivity (Wildman–Crippen MR) is 66.4 cm³/mol. The zero-order chi connectivity index (χ0) is 12.8. The lowest BCUT2D eigenvalue weighted by Crippen LogP contribution is -2.42. The van der Waals surface area contributed by atoms with Crippen molar-refractivity contribution in [2.45, 2.75) is 19.4 Å². The van der Waals surface area contributed by atoms with Crippen LogP contribution in [0.25, 0.3) is 0 Å². The molecular weight excluding hydrogens is 240 g/mol. The van der Waals surface area contributed by atoms with Gasteiger partial charge in [0.25, 0.3) is 5.91 Å². The van der Waals surface area contributed by atoms with E-state index in [9.17, 15) is 9.59 Å². The third kappa shape index (κ3) is 3.45. The predicted octanol–water partition coefficient (Wildman–Crippen LogP) is 0.757. The average molecular weight is 254 g/mol. The maximum Gasteiger partial charge on any atom is 0.327 e. The maximum atomic E-state index is 11.8. The molecule has 1 atom stereocenters. The number of aliphatic carboxylic acids is 1. The van der Waals surface area contributed by atoms with Crippen LogP contribution in [0.2, 0.25) is 0 Å². The van der Waals surface area contributed by atoms with Crippen molar-refractivity contribution in [3.8, 4) is 0 Å². The summed E-state index contributed by atoms with van der Waals surface area (Å²) in [6.07, 6.45) is 2.17. The molecular formula is C11H14N2O3S. The number of rotatable bonds is 5. The molecule has 0 aliphatic rings. The Hall–Kier alpha value is -1.56. The van der Waals surface area contributed by atoms with E-state index in [0.29, 0.717) is 6.42 Å². The second-order valence-electron chi connectivity index (χ2n) is 3.41. The number of pyridine rings is 1. The van der Waals surface area contributed by atoms with Crippen LogP contribution in [-0.2, 0) is 11.2 Å². The van der Waals surface area contributed by atoms with Gasteiger partial charge < -0.3 is 10.4 Å². The molecule has 1 aromatic rings. The Morgan fingerprint density at radius 3 is 2.82 bits per heavy atom. The molecule has 2 N–H and O–H groups in total. The highest BCUT2D eigenvalue weighted by Crippen LogP contribution is 2.06. The molecule has 0 radical (unpaired) electrons. The van der Waals surface area contributed by atoms with Crippen molar-refractivity contribution in [1.29, 1.82) is 0 Å². The zero-order valence-corrected chi connectivity index (χ0v) is 10.3. The zero-order valence-electron chi connectivity index (χ0n) is 9.38. The van der Waals surface area contributed by atoms with Crippen LogP contribution in [0.15, 0.2) is 18.3 Å². The van der Waals surface area contributed by atoms with Crippen LogP contribution >= 0.6 is 12.6 Å². The van der Waals surface area contributed by atoms with E-state index in [-0.39, 0.29) is 11.4 Å². The molecule has 1 aromatic heterocycles. The van der Waals surface area contributed by atoms with Gasteiger partial charge >= 0.3 is 5.97 Å². The molecule has 92 valence electrons. The summed E-state index contributed by atoms with van der Waals surface area (Å²) in [7, 11) is 0. The monoisotopic (exact) mass is 254 g/mol. The standard InChI is InChI=1S/C11H14N2O3S/c1-2-7-4-3-5-12-9(7)10(14)13-8(6-17)11(15)16/h3-5,8,17H,2,6H2,1H3,(H,13,14)(H,15,16)/t8-/m0/s1. The van der Waals surface area contributed by atoms with Crippen LogP contribution < -0.4 is 5.32 Å². The van der Waals surface area contributed by atoms with Gasteiger partial charge in [-0.1, -0.05) is 13.0 Å². The van der Waals surface area contributed by atoms with Crippen molar-refractivity contribution < 1.29 is 14.7 Å². The first-order chi connectivity index (χ1) is 8.10. The summed E-state index contributed by atoms with van der Waals surface area (Å²) < 4.78 is 0. The lowest BCUT2D eigenvalue weighted by Gasteiger charge is -2.12. The Bertz CT molecular complexity index is 423. The van der Waals surface area contributed by atoms with Crippen LogP contribution in [0, 0.1) is 0 Å². The molecule has 0 saturated carbocycles. The molecule has 1 amide bonds. The number of aromatic nitrogens is 1. The van der Waals surface area contributed by atoms with Crippen LogP contribution in [0.3, 0.4) is 0 Å². The third-order valence-corrected chi connectivity index (χ3v) is 2.64. The van der Waals surface area contributed by atoms with Gasteiger partial charge in [0, 0.05) is 11.9 Å². The van der Waals surface area contributed by atoms with Gasteiger partial charge in [0.2, 0.25) is 0 Å². The van der Waals surface area contributed by atoms with Crippen LogP contribution in [0.1, 0.15) is 23.0 Å². The first kappa shape index (κ1) is 13.5. The SMILES string of the molecule is CCc1cccnc1C(=O)N[C@@H](CS)C(=O)O. The summed E-state index contributed by atoms with van der Waals surface area (Å²) in [5, 5.41) is 11.2. The smallest absolute Gasteiger partial charge is 0.327 e. The summed E-state index contributed by atoms with van der Waals surface area (Å²) in [4.78, 5) is 26.6. The molecule has 0 fully saturated rings. The van der Waals surface area contributed by atoms with Crippen molar-refractivity contribution in [3.05, 3.63) is 29.6 Å². The molecule has 0 aliphatic carbocycles. The molecule has 0 unspecified atom stereocenters. The number of carboxylic acids is 1. The minimum Gasteiger partial charge on any atom is -0.480 e. The number of carboxylic acid groups (broad SMARTS) is 1. The van der Waals surface area contributed by atoms with Gasteiger partial charge in [-0.05, 0) is 18.1 Å². The fourth-order valence-electron chi connectivity index (χ4n) is 1.34. The Morgan fingerprint density at radius 1 is 1.59 bits per heavy atom. The van der Waals surface area contributed by atoms with E-state index in [1.807, 2.05) is 6.92 Å². The van der Waals surface area contributed by atoms with E-state index in [1.165, 1.54) is 6.20 Å². The molecule has 0 aromatic carbocycles. The molecule has 5 nitrogen and oxygen atoms in total. The van der Waals surface area contributed by atoms with Gasteiger partial charge in [0.05, 0.1) is 0 Å². The Morgan fingerprint density at radius 2 is 2.29 bits per heavy atom. The summed E-state index contributed by atoms with van der Waals surface area (Å²) in [5.41, 5.74) is 1.05. The topological polar surface area (TPSA) is 79.3 Å². The normalized spacial score (nSPS) is 11.9. The molecule has 0 saturated heterocycles. The van der Waals surface area contributed by atoms with E-state index >= 15 is 0 Å². The summed E-state index contributed by atoms with van der Waals surface area (Å²) in [6, 6.07) is 2.53. The van der Waals surface area contributed by atoms with Crippen molar-refractivity contribution in [1.82, 2.24) is 10.3 Å². The molecule has 1 rings (SSSR count). The second-order valence-corrected chi connectivity index (χ2v) is 3.78. The highest BCUT2D eigenvalue weighted by atomic mass is 32.1. The van der Waals surface area contributed by atoms with E-state index < -0.39 is 17.9 Å². The van der Waals surface area contributed by atoms with Gasteiger partial charge in [-0.15, -0.1) is 0 Å². The molecule has 1 heterocycles. The number of thiol groups is 1. The lowest BCUT2D eigenvalue weighted by molar-refractivity contribution is -0.138. The quantitative estimate of drug-likeness (QED) is 0.678. The van der Waals surface area contributed by atoms with Crippen LogP contribution in [-0.4, -0.2) is 33.8 Å². The van der Waals surface area contributed by atoms with Gasteiger partial charge in [0.15, 0.2) is 0 Å². The molecule has 17 heavy (non-hydrogen) atoms. The van der Waals surface area contributed by atoms with E-state index in [4.69, 9.17) is 5.11 Å². The minimum atomic E-state index is -1.11. The summed E-state index contributed by atoms with van der Waals surface area (Å²) in [6.45, 7) is 1.90. The molecule has 0 bridgehead atoms. The van der Waals surface area contributed by atoms with Crippen LogP contribution in [0.4, 0.5) is 0 Å². The van der Waals surface area contributed by atoms with Crippen LogP contribution in [0.5, 0.6) is 0 Å². The van der Waals surface area contributed by atoms with Crippen molar-refractivity contribution >= 4 is 24.5 Å². The van der Waals surface area contributed by atoms with E-state index in [2.05, 4.69) is 22.9 Å². The number of hydrogen-bond donors (Lipinski definition) is 3. The summed E-state index contributed by atoms with van der Waals surface area (Å²) >= 11 is 3.87. The second kappa shape index (κ2) is 6.24. The average Bonchev–Trinajstić information content (AvgIpc) is 2.35. The van der Waals surface area contributed by atoms with Crippen molar-refractivity contribution in [2.24, 2.45) is 0 Å². The highest BCUT2D eigenvalue weighted by Gasteiger charge is 2.20. The largest absolute Gasteiger partial charge is 0.480 e. The fraction of sp³-hybridized carbons (Fsp3) is 0.364. The maximum absolute atomic E-state index is 11.8. The first-order valence-corrected chi connectivity index (χ1v) is 5.81. The van der Waals surface area contributed by atoms with E-state index in [1.54, 1.807) is 12.1 Å². The number of hydrogen-bond acceptors (Lipinski definition) is 4. The molecule has 6 heteroatoms. The lowest BCUT2D eigenvalue weighted by atomic mass is 10.1. The fourth-order valence-corrected chi connectivity index (χ4v) is 1.59. The number of amides is 1. The van der Waals surface area contributed by atoms with Crippen molar-refractivity contribution in [2.75, 3.05) is 5.75 Å². The third-order valence-electron chi connectivity index (χ3n) is 2.27. The van der Waals surface area contributed by atoms with Gasteiger partial charge in [-0.2, -0.15) is 12.6 Å². The number of nitrogens with one attached hydrogen (secondary N) is 1. The number of nitrogens with zero attached hydrogens (tertiary/aromatic N) is 1. The molecule has 0 aliphatic heterocycles. The summed E-state index contributed by atoms with van der Waals surface area (Å²) in [5.74, 6) is -1.55. The van der Waals surface area contributed by atoms with Gasteiger partial charge in [0.1, 0.15) is 11.7 Å². The van der Waals surface area contributed by atoms with Gasteiger partial charge in [-0.3, -0.25) is 9.78 Å². The Balaban J connectivity index is 2.86. The van der Waals surface area contributed by atoms with Gasteiger partial charge in [-0.25, -0.2) is 4.79 Å². The molecule has 0 spiro atoms. The number of carbonyl (C=O) groups is 2. The van der Waals surface area contributed by atoms with Crippen molar-refractivity contribution in [3.63, 3.8) is 0 Å². The Kier molecular flexibility index (Phi) is 4.96. The number of aryl methyl sites for hydroxylation is 1. The first-order valence-electron chi connectivity index (χ1n) is 5.18. The minimum absolute atomic E-state index is 0.0371. The number of carbonyl (C=O) groups excluding carboxylic acids is 1. The highest BCUT2D eigenvalue weighted by molar-refractivity contribution is 7.80.